The number of hydrogen-bond acceptors (Lipinski definition) is 8. The molecular formula is C24H27N3O7S2. The lowest BCUT2D eigenvalue weighted by Crippen LogP contribution is -2.65. The summed E-state index contributed by atoms with van der Waals surface area (Å²) < 4.78 is 45.6. The quantitative estimate of drug-likeness (QED) is 0.473. The molecule has 1 amide bonds. The molecule has 3 aromatic rings. The van der Waals surface area contributed by atoms with E-state index >= 15 is 0 Å². The van der Waals surface area contributed by atoms with Gasteiger partial charge >= 0.3 is 4.87 Å². The smallest absolute Gasteiger partial charge is 0.305 e. The number of fused-ring (bicyclic) bond motifs is 3. The van der Waals surface area contributed by atoms with Gasteiger partial charge in [0.05, 0.1) is 35.9 Å². The molecule has 1 N–H and O–H groups in total. The van der Waals surface area contributed by atoms with E-state index in [9.17, 15) is 18.0 Å². The fraction of sp³-hybridized carbons (Fsp3) is 0.417. The lowest BCUT2D eigenvalue weighted by atomic mass is 9.93. The van der Waals surface area contributed by atoms with E-state index in [2.05, 4.69) is 4.98 Å². The number of piperazine rings is 1. The largest absolute Gasteiger partial charge is 0.493 e. The van der Waals surface area contributed by atoms with Gasteiger partial charge in [-0.05, 0) is 49.6 Å². The summed E-state index contributed by atoms with van der Waals surface area (Å²) >= 11 is 0.965. The monoisotopic (exact) mass is 533 g/mol. The molecule has 2 bridgehead atoms. The molecule has 5 rings (SSSR count). The number of aromatic nitrogens is 1. The number of benzene rings is 2. The second-order valence-electron chi connectivity index (χ2n) is 8.76. The first-order valence-corrected chi connectivity index (χ1v) is 13.9. The van der Waals surface area contributed by atoms with Gasteiger partial charge in [0.1, 0.15) is 18.4 Å². The normalized spacial score (nSPS) is 20.5. The van der Waals surface area contributed by atoms with Gasteiger partial charge < -0.3 is 24.1 Å². The SMILES string of the molecule is COc1ccc(OCCN2CC3CCCC(C2=O)N3S(=O)(=O)c2ccc3[nH]c(=O)sc3c2)cc1OC. The summed E-state index contributed by atoms with van der Waals surface area (Å²) in [6.07, 6.45) is 1.94. The average molecular weight is 534 g/mol. The van der Waals surface area contributed by atoms with E-state index in [4.69, 9.17) is 14.2 Å². The highest BCUT2D eigenvalue weighted by molar-refractivity contribution is 7.89. The lowest BCUT2D eigenvalue weighted by Gasteiger charge is -2.48. The van der Waals surface area contributed by atoms with Crippen molar-refractivity contribution in [1.29, 1.82) is 0 Å². The van der Waals surface area contributed by atoms with Gasteiger partial charge in [0.25, 0.3) is 0 Å². The van der Waals surface area contributed by atoms with Crippen LogP contribution >= 0.6 is 11.3 Å². The number of likely N-dealkylation sites (tertiary alicyclic amines) is 1. The van der Waals surface area contributed by atoms with Gasteiger partial charge in [0.2, 0.25) is 15.9 Å². The third kappa shape index (κ3) is 4.44. The molecule has 12 heteroatoms. The van der Waals surface area contributed by atoms with Crippen LogP contribution in [-0.4, -0.2) is 74.5 Å². The van der Waals surface area contributed by atoms with E-state index in [1.807, 2.05) is 0 Å². The molecule has 0 radical (unpaired) electrons. The molecule has 2 aromatic carbocycles. The fourth-order valence-corrected chi connectivity index (χ4v) is 7.66. The van der Waals surface area contributed by atoms with E-state index in [1.165, 1.54) is 16.4 Å². The number of hydrogen-bond donors (Lipinski definition) is 1. The fourth-order valence-electron chi connectivity index (χ4n) is 4.97. The van der Waals surface area contributed by atoms with Crippen LogP contribution in [0, 0.1) is 0 Å². The molecular weight excluding hydrogens is 506 g/mol. The van der Waals surface area contributed by atoms with Crippen LogP contribution in [0.2, 0.25) is 0 Å². The van der Waals surface area contributed by atoms with Crippen LogP contribution in [0.5, 0.6) is 17.2 Å². The van der Waals surface area contributed by atoms with Gasteiger partial charge in [-0.25, -0.2) is 8.42 Å². The zero-order valence-electron chi connectivity index (χ0n) is 19.9. The first-order valence-electron chi connectivity index (χ1n) is 11.6. The molecule has 0 spiro atoms. The maximum absolute atomic E-state index is 13.6. The summed E-state index contributed by atoms with van der Waals surface area (Å²) in [6, 6.07) is 8.77. The second-order valence-corrected chi connectivity index (χ2v) is 11.6. The number of sulfonamides is 1. The van der Waals surface area contributed by atoms with Gasteiger partial charge in [0, 0.05) is 18.7 Å². The Morgan fingerprint density at radius 3 is 2.64 bits per heavy atom. The van der Waals surface area contributed by atoms with Crippen LogP contribution in [0.15, 0.2) is 46.1 Å². The Hall–Kier alpha value is -3.09. The van der Waals surface area contributed by atoms with Gasteiger partial charge in [0.15, 0.2) is 11.5 Å². The Balaban J connectivity index is 1.30. The number of nitrogens with one attached hydrogen (secondary N) is 1. The summed E-state index contributed by atoms with van der Waals surface area (Å²) in [6.45, 7) is 0.914. The zero-order valence-corrected chi connectivity index (χ0v) is 21.6. The number of aromatic amines is 1. The molecule has 0 aliphatic carbocycles. The maximum Gasteiger partial charge on any atom is 0.305 e. The van der Waals surface area contributed by atoms with Crippen LogP contribution in [0.1, 0.15) is 19.3 Å². The van der Waals surface area contributed by atoms with Gasteiger partial charge in [-0.2, -0.15) is 4.31 Å². The number of nitrogens with zero attached hydrogens (tertiary/aromatic N) is 2. The molecule has 3 heterocycles. The van der Waals surface area contributed by atoms with Crippen LogP contribution in [-0.2, 0) is 14.8 Å². The van der Waals surface area contributed by atoms with Crippen molar-refractivity contribution >= 4 is 37.5 Å². The number of carbonyl (C=O) groups is 1. The predicted octanol–water partition coefficient (Wildman–Crippen LogP) is 2.44. The Morgan fingerprint density at radius 2 is 1.86 bits per heavy atom. The Kier molecular flexibility index (Phi) is 6.66. The molecule has 2 aliphatic heterocycles. The third-order valence-electron chi connectivity index (χ3n) is 6.66. The van der Waals surface area contributed by atoms with Crippen LogP contribution in [0.3, 0.4) is 0 Å². The zero-order chi connectivity index (χ0) is 25.4. The van der Waals surface area contributed by atoms with Crippen LogP contribution in [0.25, 0.3) is 10.2 Å². The Morgan fingerprint density at radius 1 is 1.06 bits per heavy atom. The molecule has 2 saturated heterocycles. The lowest BCUT2D eigenvalue weighted by molar-refractivity contribution is -0.143. The van der Waals surface area contributed by atoms with Gasteiger partial charge in [-0.1, -0.05) is 11.3 Å². The number of rotatable bonds is 8. The first-order chi connectivity index (χ1) is 17.3. The van der Waals surface area contributed by atoms with Crippen molar-refractivity contribution in [2.45, 2.75) is 36.2 Å². The third-order valence-corrected chi connectivity index (χ3v) is 9.47. The van der Waals surface area contributed by atoms with E-state index in [0.29, 0.717) is 53.4 Å². The van der Waals surface area contributed by atoms with Crippen molar-refractivity contribution in [2.24, 2.45) is 0 Å². The number of thiazole rings is 1. The van der Waals surface area contributed by atoms with Crippen molar-refractivity contribution in [1.82, 2.24) is 14.2 Å². The van der Waals surface area contributed by atoms with Crippen molar-refractivity contribution < 1.29 is 27.4 Å². The van der Waals surface area contributed by atoms with E-state index in [-0.39, 0.29) is 28.3 Å². The number of amides is 1. The molecule has 2 unspecified atom stereocenters. The second kappa shape index (κ2) is 9.75. The summed E-state index contributed by atoms with van der Waals surface area (Å²) in [5.41, 5.74) is 0.597. The number of methoxy groups -OCH3 is 2. The summed E-state index contributed by atoms with van der Waals surface area (Å²) in [7, 11) is -0.814. The highest BCUT2D eigenvalue weighted by atomic mass is 32.2. The minimum atomic E-state index is -3.92. The average Bonchev–Trinajstić information content (AvgIpc) is 3.25. The molecule has 2 fully saturated rings. The Labute approximate surface area is 212 Å². The Bertz CT molecular complexity index is 1450. The van der Waals surface area contributed by atoms with Crippen molar-refractivity contribution in [3.05, 3.63) is 46.1 Å². The van der Waals surface area contributed by atoms with Crippen LogP contribution < -0.4 is 19.1 Å². The molecule has 10 nitrogen and oxygen atoms in total. The number of carbonyl (C=O) groups excluding carboxylic acids is 1. The molecule has 1 aromatic heterocycles. The van der Waals surface area contributed by atoms with Crippen molar-refractivity contribution in [2.75, 3.05) is 33.9 Å². The molecule has 0 saturated carbocycles. The number of ether oxygens (including phenoxy) is 3. The van der Waals surface area contributed by atoms with E-state index in [1.54, 1.807) is 43.4 Å². The van der Waals surface area contributed by atoms with Gasteiger partial charge in [-0.15, -0.1) is 0 Å². The standard InChI is InChI=1S/C24H27N3O7S2/c1-32-20-9-6-16(12-21(20)33-2)34-11-10-26-14-15-4-3-5-19(23(26)28)27(15)36(30,31)17-7-8-18-22(13-17)35-24(29)25-18/h6-9,12-13,15,19H,3-5,10-11,14H2,1-2H3,(H,25,29). The summed E-state index contributed by atoms with van der Waals surface area (Å²) in [5, 5.41) is 0. The maximum atomic E-state index is 13.6. The first kappa shape index (κ1) is 24.6. The highest BCUT2D eigenvalue weighted by Crippen LogP contribution is 2.36. The molecule has 2 aliphatic rings. The minimum Gasteiger partial charge on any atom is -0.493 e. The highest BCUT2D eigenvalue weighted by Gasteiger charge is 2.48. The number of piperidine rings is 1. The van der Waals surface area contributed by atoms with E-state index in [0.717, 1.165) is 17.8 Å². The number of H-pyrrole nitrogens is 1. The van der Waals surface area contributed by atoms with E-state index < -0.39 is 16.1 Å². The van der Waals surface area contributed by atoms with Crippen molar-refractivity contribution in [3.63, 3.8) is 0 Å². The molecule has 36 heavy (non-hydrogen) atoms. The predicted molar refractivity (Wildman–Crippen MR) is 135 cm³/mol. The summed E-state index contributed by atoms with van der Waals surface area (Å²) in [4.78, 5) is 29.2. The summed E-state index contributed by atoms with van der Waals surface area (Å²) in [5.74, 6) is 1.52. The molecule has 2 atom stereocenters. The van der Waals surface area contributed by atoms with Crippen LogP contribution in [0.4, 0.5) is 0 Å². The molecule has 192 valence electrons. The topological polar surface area (TPSA) is 118 Å². The van der Waals surface area contributed by atoms with Gasteiger partial charge in [-0.3, -0.25) is 9.59 Å². The van der Waals surface area contributed by atoms with Crippen molar-refractivity contribution in [3.8, 4) is 17.2 Å². The minimum absolute atomic E-state index is 0.0974.